The van der Waals surface area contributed by atoms with Crippen LogP contribution in [0.1, 0.15) is 0 Å². The fraction of sp³-hybridized carbons (Fsp3) is 0. The topological polar surface area (TPSA) is 17.8 Å². The van der Waals surface area contributed by atoms with Crippen molar-refractivity contribution < 1.29 is 0 Å². The number of rotatable bonds is 1. The van der Waals surface area contributed by atoms with E-state index >= 15 is 0 Å². The maximum absolute atomic E-state index is 4.96. The summed E-state index contributed by atoms with van der Waals surface area (Å²) in [6, 6.07) is 30.4. The second-order valence-corrected chi connectivity index (χ2v) is 9.37. The predicted molar refractivity (Wildman–Crippen MR) is 127 cm³/mol. The van der Waals surface area contributed by atoms with Crippen molar-refractivity contribution in [2.75, 3.05) is 0 Å². The van der Waals surface area contributed by atoms with Crippen LogP contribution in [0.2, 0.25) is 0 Å². The van der Waals surface area contributed by atoms with Crippen molar-refractivity contribution in [3.8, 4) is 5.13 Å². The quantitative estimate of drug-likeness (QED) is 0.272. The van der Waals surface area contributed by atoms with Crippen molar-refractivity contribution in [3.05, 3.63) is 84.9 Å². The van der Waals surface area contributed by atoms with Crippen LogP contribution < -0.4 is 0 Å². The molecule has 7 aromatic rings. The molecule has 4 heteroatoms. The van der Waals surface area contributed by atoms with Gasteiger partial charge in [-0.3, -0.25) is 4.57 Å². The van der Waals surface area contributed by atoms with Crippen LogP contribution in [0.4, 0.5) is 0 Å². The van der Waals surface area contributed by atoms with Crippen LogP contribution in [-0.2, 0) is 0 Å². The summed E-state index contributed by atoms with van der Waals surface area (Å²) in [5.74, 6) is 0. The number of thiophene rings is 1. The molecule has 2 nitrogen and oxygen atoms in total. The molecule has 136 valence electrons. The summed E-state index contributed by atoms with van der Waals surface area (Å²) in [4.78, 5) is 4.96. The Bertz CT molecular complexity index is 1680. The number of aromatic nitrogens is 2. The molecule has 0 aliphatic heterocycles. The third kappa shape index (κ3) is 2.13. The van der Waals surface area contributed by atoms with E-state index < -0.39 is 0 Å². The number of hydrogen-bond acceptors (Lipinski definition) is 3. The molecule has 0 fully saturated rings. The zero-order chi connectivity index (χ0) is 18.9. The van der Waals surface area contributed by atoms with E-state index in [1.165, 1.54) is 46.7 Å². The standard InChI is InChI=1S/C25H14N2S2/c1-4-10-20-15(7-1)17-13-18-16-8-2-5-11-22(16)28-24(18)14-21(17)27(20)25-26-19-9-3-6-12-23(19)29-25/h1-14H. The first-order valence-corrected chi connectivity index (χ1v) is 11.2. The zero-order valence-corrected chi connectivity index (χ0v) is 16.9. The Kier molecular flexibility index (Phi) is 3.06. The highest BCUT2D eigenvalue weighted by molar-refractivity contribution is 7.26. The lowest BCUT2D eigenvalue weighted by Gasteiger charge is -2.02. The minimum Gasteiger partial charge on any atom is -0.285 e. The van der Waals surface area contributed by atoms with Gasteiger partial charge in [0.2, 0.25) is 0 Å². The van der Waals surface area contributed by atoms with E-state index in [1.54, 1.807) is 11.3 Å². The SMILES string of the molecule is c1ccc2sc(-n3c4ccccc4c4cc5c(cc43)sc3ccccc35)nc2c1. The molecule has 0 saturated heterocycles. The van der Waals surface area contributed by atoms with E-state index in [4.69, 9.17) is 4.98 Å². The molecular formula is C25H14N2S2. The zero-order valence-electron chi connectivity index (χ0n) is 15.3. The summed E-state index contributed by atoms with van der Waals surface area (Å²) < 4.78 is 6.21. The fourth-order valence-corrected chi connectivity index (χ4v) is 6.46. The average molecular weight is 407 g/mol. The van der Waals surface area contributed by atoms with Crippen LogP contribution >= 0.6 is 22.7 Å². The van der Waals surface area contributed by atoms with Crippen LogP contribution in [-0.4, -0.2) is 9.55 Å². The summed E-state index contributed by atoms with van der Waals surface area (Å²) in [5, 5.41) is 6.27. The van der Waals surface area contributed by atoms with Gasteiger partial charge in [0.1, 0.15) is 0 Å². The Balaban J connectivity index is 1.67. The lowest BCUT2D eigenvalue weighted by molar-refractivity contribution is 1.15. The van der Waals surface area contributed by atoms with Gasteiger partial charge in [-0.1, -0.05) is 59.9 Å². The first-order valence-electron chi connectivity index (χ1n) is 9.57. The van der Waals surface area contributed by atoms with E-state index in [1.807, 2.05) is 11.3 Å². The molecule has 7 rings (SSSR count). The summed E-state index contributed by atoms with van der Waals surface area (Å²) in [6.45, 7) is 0. The Labute approximate surface area is 174 Å². The van der Waals surface area contributed by atoms with Gasteiger partial charge in [0, 0.05) is 30.9 Å². The number of nitrogens with zero attached hydrogens (tertiary/aromatic N) is 2. The van der Waals surface area contributed by atoms with Gasteiger partial charge in [0.15, 0.2) is 5.13 Å². The molecule has 0 radical (unpaired) electrons. The van der Waals surface area contributed by atoms with Crippen molar-refractivity contribution in [3.63, 3.8) is 0 Å². The summed E-state index contributed by atoms with van der Waals surface area (Å²) in [5.41, 5.74) is 3.49. The molecule has 0 unspecified atom stereocenters. The van der Waals surface area contributed by atoms with Crippen LogP contribution in [0.5, 0.6) is 0 Å². The highest BCUT2D eigenvalue weighted by atomic mass is 32.1. The maximum Gasteiger partial charge on any atom is 0.195 e. The fourth-order valence-electron chi connectivity index (χ4n) is 4.35. The van der Waals surface area contributed by atoms with Crippen molar-refractivity contribution in [1.29, 1.82) is 0 Å². The second-order valence-electron chi connectivity index (χ2n) is 7.28. The van der Waals surface area contributed by atoms with Crippen LogP contribution in [0.25, 0.3) is 57.3 Å². The molecule has 0 spiro atoms. The summed E-state index contributed by atoms with van der Waals surface area (Å²) >= 11 is 3.62. The van der Waals surface area contributed by atoms with Gasteiger partial charge in [-0.2, -0.15) is 0 Å². The minimum absolute atomic E-state index is 1.03. The Hall–Kier alpha value is -3.21. The van der Waals surface area contributed by atoms with Gasteiger partial charge < -0.3 is 0 Å². The van der Waals surface area contributed by atoms with Crippen molar-refractivity contribution >= 4 is 74.9 Å². The largest absolute Gasteiger partial charge is 0.285 e. The molecule has 3 aromatic heterocycles. The molecule has 0 bridgehead atoms. The molecular weight excluding hydrogens is 392 g/mol. The van der Waals surface area contributed by atoms with Gasteiger partial charge in [-0.05, 0) is 36.4 Å². The molecule has 29 heavy (non-hydrogen) atoms. The summed E-state index contributed by atoms with van der Waals surface area (Å²) in [6.07, 6.45) is 0. The van der Waals surface area contributed by atoms with Gasteiger partial charge in [0.25, 0.3) is 0 Å². The van der Waals surface area contributed by atoms with E-state index in [9.17, 15) is 0 Å². The molecule has 0 amide bonds. The molecule has 0 atom stereocenters. The maximum atomic E-state index is 4.96. The number of thiazole rings is 1. The first kappa shape index (κ1) is 15.7. The highest BCUT2D eigenvalue weighted by Gasteiger charge is 2.17. The van der Waals surface area contributed by atoms with E-state index in [-0.39, 0.29) is 0 Å². The van der Waals surface area contributed by atoms with Gasteiger partial charge >= 0.3 is 0 Å². The summed E-state index contributed by atoms with van der Waals surface area (Å²) in [7, 11) is 0. The minimum atomic E-state index is 1.03. The third-order valence-corrected chi connectivity index (χ3v) is 7.80. The molecule has 4 aromatic carbocycles. The third-order valence-electron chi connectivity index (χ3n) is 5.64. The molecule has 0 N–H and O–H groups in total. The number of fused-ring (bicyclic) bond motifs is 7. The Morgan fingerprint density at radius 3 is 2.21 bits per heavy atom. The van der Waals surface area contributed by atoms with Crippen molar-refractivity contribution in [2.45, 2.75) is 0 Å². The van der Waals surface area contributed by atoms with Gasteiger partial charge in [0.05, 0.1) is 21.3 Å². The lowest BCUT2D eigenvalue weighted by atomic mass is 10.1. The van der Waals surface area contributed by atoms with Crippen LogP contribution in [0.15, 0.2) is 84.9 Å². The Morgan fingerprint density at radius 1 is 0.552 bits per heavy atom. The molecule has 3 heterocycles. The van der Waals surface area contributed by atoms with Gasteiger partial charge in [-0.25, -0.2) is 4.98 Å². The highest BCUT2D eigenvalue weighted by Crippen LogP contribution is 2.41. The van der Waals surface area contributed by atoms with Crippen molar-refractivity contribution in [1.82, 2.24) is 9.55 Å². The number of benzene rings is 4. The normalized spacial score (nSPS) is 12.1. The lowest BCUT2D eigenvalue weighted by Crippen LogP contribution is -1.92. The van der Waals surface area contributed by atoms with Crippen molar-refractivity contribution in [2.24, 2.45) is 0 Å². The molecule has 0 saturated carbocycles. The van der Waals surface area contributed by atoms with E-state index in [0.29, 0.717) is 0 Å². The molecule has 0 aliphatic rings. The average Bonchev–Trinajstić information content (AvgIpc) is 3.43. The Morgan fingerprint density at radius 2 is 1.31 bits per heavy atom. The smallest absolute Gasteiger partial charge is 0.195 e. The van der Waals surface area contributed by atoms with Gasteiger partial charge in [-0.15, -0.1) is 11.3 Å². The van der Waals surface area contributed by atoms with E-state index in [2.05, 4.69) is 89.5 Å². The second kappa shape index (κ2) is 5.66. The predicted octanol–water partition coefficient (Wildman–Crippen LogP) is 7.76. The number of para-hydroxylation sites is 2. The number of hydrogen-bond donors (Lipinski definition) is 0. The molecule has 0 aliphatic carbocycles. The van der Waals surface area contributed by atoms with E-state index in [0.717, 1.165) is 10.6 Å². The van der Waals surface area contributed by atoms with Crippen LogP contribution in [0.3, 0.4) is 0 Å². The monoisotopic (exact) mass is 406 g/mol. The first-order chi connectivity index (χ1) is 14.4. The van der Waals surface area contributed by atoms with Crippen LogP contribution in [0, 0.1) is 0 Å².